The predicted molar refractivity (Wildman–Crippen MR) is 86.0 cm³/mol. The molecule has 0 spiro atoms. The van der Waals surface area contributed by atoms with Gasteiger partial charge in [0, 0.05) is 6.04 Å². The van der Waals surface area contributed by atoms with E-state index in [-0.39, 0.29) is 28.9 Å². The molecule has 2 aliphatic rings. The summed E-state index contributed by atoms with van der Waals surface area (Å²) in [6, 6.07) is 10.3. The van der Waals surface area contributed by atoms with Crippen molar-refractivity contribution in [2.75, 3.05) is 13.1 Å². The molecule has 5 nitrogen and oxygen atoms in total. The number of benzene rings is 1. The highest BCUT2D eigenvalue weighted by atomic mass is 79.9. The molecule has 0 radical (unpaired) electrons. The number of hydrogen-bond acceptors (Lipinski definition) is 4. The molecule has 1 aromatic rings. The van der Waals surface area contributed by atoms with Crippen molar-refractivity contribution in [1.29, 1.82) is 0 Å². The van der Waals surface area contributed by atoms with Gasteiger partial charge < -0.3 is 10.6 Å². The summed E-state index contributed by atoms with van der Waals surface area (Å²) < 4.78 is 0. The highest BCUT2D eigenvalue weighted by molar-refractivity contribution is 9.09. The van der Waals surface area contributed by atoms with E-state index in [9.17, 15) is 4.79 Å². The van der Waals surface area contributed by atoms with Crippen molar-refractivity contribution in [3.05, 3.63) is 35.9 Å². The second-order valence-corrected chi connectivity index (χ2v) is 6.69. The van der Waals surface area contributed by atoms with Gasteiger partial charge in [0.2, 0.25) is 5.91 Å². The van der Waals surface area contributed by atoms with Crippen LogP contribution in [0.15, 0.2) is 30.3 Å². The Bertz CT molecular complexity index is 478. The standard InChI is InChI=1S/C15H21BrN4O/c16-12-13(10-4-2-1-3-5-10)19-20-14(12)15(21)18-11-6-8-17-9-7-11/h1-5,11-14,17,19-20H,6-9H2,(H,18,21). The largest absolute Gasteiger partial charge is 0.352 e. The Morgan fingerprint density at radius 2 is 1.86 bits per heavy atom. The lowest BCUT2D eigenvalue weighted by Gasteiger charge is -2.25. The van der Waals surface area contributed by atoms with Gasteiger partial charge in [-0.1, -0.05) is 46.3 Å². The normalized spacial score (nSPS) is 30.2. The Hall–Kier alpha value is -0.950. The average molecular weight is 353 g/mol. The van der Waals surface area contributed by atoms with E-state index in [1.165, 1.54) is 5.56 Å². The van der Waals surface area contributed by atoms with Crippen LogP contribution in [0, 0.1) is 0 Å². The minimum absolute atomic E-state index is 0.0293. The number of piperidine rings is 1. The highest BCUT2D eigenvalue weighted by Crippen LogP contribution is 2.28. The van der Waals surface area contributed by atoms with Gasteiger partial charge in [-0.25, -0.2) is 10.9 Å². The SMILES string of the molecule is O=C(NC1CCNCC1)C1NNC(c2ccccc2)C1Br. The Morgan fingerprint density at radius 3 is 2.57 bits per heavy atom. The summed E-state index contributed by atoms with van der Waals surface area (Å²) in [4.78, 5) is 12.5. The van der Waals surface area contributed by atoms with Gasteiger partial charge in [0.15, 0.2) is 0 Å². The number of rotatable bonds is 3. The Kier molecular flexibility index (Phi) is 4.90. The molecule has 21 heavy (non-hydrogen) atoms. The zero-order valence-electron chi connectivity index (χ0n) is 11.8. The number of amides is 1. The number of halogens is 1. The summed E-state index contributed by atoms with van der Waals surface area (Å²) >= 11 is 3.68. The van der Waals surface area contributed by atoms with Gasteiger partial charge in [-0.15, -0.1) is 0 Å². The topological polar surface area (TPSA) is 65.2 Å². The third kappa shape index (κ3) is 3.45. The van der Waals surface area contributed by atoms with Crippen LogP contribution in [0.2, 0.25) is 0 Å². The maximum absolute atomic E-state index is 12.4. The average Bonchev–Trinajstić information content (AvgIpc) is 2.91. The molecule has 3 rings (SSSR count). The van der Waals surface area contributed by atoms with Crippen LogP contribution in [0.3, 0.4) is 0 Å². The summed E-state index contributed by atoms with van der Waals surface area (Å²) in [5.74, 6) is 0.0645. The lowest BCUT2D eigenvalue weighted by molar-refractivity contribution is -0.123. The molecular weight excluding hydrogens is 332 g/mol. The van der Waals surface area contributed by atoms with Crippen molar-refractivity contribution in [3.63, 3.8) is 0 Å². The first-order valence-corrected chi connectivity index (χ1v) is 8.38. The van der Waals surface area contributed by atoms with Crippen molar-refractivity contribution < 1.29 is 4.79 Å². The fourth-order valence-corrected chi connectivity index (χ4v) is 3.74. The summed E-state index contributed by atoms with van der Waals surface area (Å²) in [7, 11) is 0. The fraction of sp³-hybridized carbons (Fsp3) is 0.533. The first-order valence-electron chi connectivity index (χ1n) is 7.47. The smallest absolute Gasteiger partial charge is 0.239 e. The molecule has 3 unspecified atom stereocenters. The summed E-state index contributed by atoms with van der Waals surface area (Å²) in [6.45, 7) is 1.96. The molecule has 114 valence electrons. The van der Waals surface area contributed by atoms with E-state index in [0.29, 0.717) is 0 Å². The van der Waals surface area contributed by atoms with Gasteiger partial charge in [0.05, 0.1) is 10.9 Å². The van der Waals surface area contributed by atoms with Crippen molar-refractivity contribution in [1.82, 2.24) is 21.5 Å². The second kappa shape index (κ2) is 6.87. The first-order chi connectivity index (χ1) is 10.3. The molecule has 1 amide bonds. The number of hydrazine groups is 1. The monoisotopic (exact) mass is 352 g/mol. The van der Waals surface area contributed by atoms with E-state index in [0.717, 1.165) is 25.9 Å². The number of nitrogens with one attached hydrogen (secondary N) is 4. The van der Waals surface area contributed by atoms with E-state index in [1.807, 2.05) is 18.2 Å². The van der Waals surface area contributed by atoms with E-state index >= 15 is 0 Å². The number of hydrogen-bond donors (Lipinski definition) is 4. The van der Waals surface area contributed by atoms with E-state index in [2.05, 4.69) is 49.5 Å². The molecule has 2 fully saturated rings. The molecule has 1 aromatic carbocycles. The van der Waals surface area contributed by atoms with E-state index in [4.69, 9.17) is 0 Å². The van der Waals surface area contributed by atoms with Crippen LogP contribution in [0.5, 0.6) is 0 Å². The van der Waals surface area contributed by atoms with Crippen molar-refractivity contribution in [2.45, 2.75) is 35.8 Å². The van der Waals surface area contributed by atoms with Crippen molar-refractivity contribution in [2.24, 2.45) is 0 Å². The van der Waals surface area contributed by atoms with Crippen LogP contribution in [-0.2, 0) is 4.79 Å². The fourth-order valence-electron chi connectivity index (χ4n) is 2.93. The molecule has 0 bridgehead atoms. The minimum atomic E-state index is -0.259. The zero-order valence-corrected chi connectivity index (χ0v) is 13.4. The number of carbonyl (C=O) groups is 1. The van der Waals surface area contributed by atoms with Crippen LogP contribution in [-0.4, -0.2) is 35.9 Å². The van der Waals surface area contributed by atoms with Gasteiger partial charge in [-0.3, -0.25) is 4.79 Å². The molecule has 2 saturated heterocycles. The Balaban J connectivity index is 1.60. The molecule has 6 heteroatoms. The summed E-state index contributed by atoms with van der Waals surface area (Å²) in [5.41, 5.74) is 7.51. The van der Waals surface area contributed by atoms with Gasteiger partial charge in [0.25, 0.3) is 0 Å². The third-order valence-electron chi connectivity index (χ3n) is 4.16. The molecule has 4 N–H and O–H groups in total. The van der Waals surface area contributed by atoms with Crippen LogP contribution in [0.4, 0.5) is 0 Å². The minimum Gasteiger partial charge on any atom is -0.352 e. The Labute approximate surface area is 133 Å². The molecular formula is C15H21BrN4O. The summed E-state index contributed by atoms with van der Waals surface area (Å²) in [5, 5.41) is 6.46. The van der Waals surface area contributed by atoms with Crippen LogP contribution < -0.4 is 21.5 Å². The van der Waals surface area contributed by atoms with Gasteiger partial charge in [-0.05, 0) is 31.5 Å². The van der Waals surface area contributed by atoms with E-state index < -0.39 is 0 Å². The molecule has 0 saturated carbocycles. The quantitative estimate of drug-likeness (QED) is 0.608. The van der Waals surface area contributed by atoms with Crippen LogP contribution >= 0.6 is 15.9 Å². The molecule has 2 aliphatic heterocycles. The van der Waals surface area contributed by atoms with Gasteiger partial charge in [-0.2, -0.15) is 0 Å². The zero-order chi connectivity index (χ0) is 14.7. The second-order valence-electron chi connectivity index (χ2n) is 5.63. The molecule has 0 aliphatic carbocycles. The maximum atomic E-state index is 12.4. The van der Waals surface area contributed by atoms with Crippen LogP contribution in [0.1, 0.15) is 24.4 Å². The van der Waals surface area contributed by atoms with Crippen molar-refractivity contribution >= 4 is 21.8 Å². The lowest BCUT2D eigenvalue weighted by Crippen LogP contribution is -2.51. The van der Waals surface area contributed by atoms with Gasteiger partial charge in [0.1, 0.15) is 6.04 Å². The van der Waals surface area contributed by atoms with Gasteiger partial charge >= 0.3 is 0 Å². The van der Waals surface area contributed by atoms with E-state index in [1.54, 1.807) is 0 Å². The molecule has 3 atom stereocenters. The maximum Gasteiger partial charge on any atom is 0.239 e. The molecule has 0 aromatic heterocycles. The predicted octanol–water partition coefficient (Wildman–Crippen LogP) is 0.836. The Morgan fingerprint density at radius 1 is 1.14 bits per heavy atom. The van der Waals surface area contributed by atoms with Crippen LogP contribution in [0.25, 0.3) is 0 Å². The highest BCUT2D eigenvalue weighted by Gasteiger charge is 2.39. The third-order valence-corrected chi connectivity index (χ3v) is 5.22. The number of alkyl halides is 1. The molecule has 2 heterocycles. The first kappa shape index (κ1) is 15.0. The van der Waals surface area contributed by atoms with Crippen molar-refractivity contribution in [3.8, 4) is 0 Å². The summed E-state index contributed by atoms with van der Waals surface area (Å²) in [6.07, 6.45) is 2.00. The number of carbonyl (C=O) groups excluding carboxylic acids is 1. The lowest BCUT2D eigenvalue weighted by atomic mass is 10.0.